The number of aryl methyl sites for hydroxylation is 1. The van der Waals surface area contributed by atoms with E-state index >= 15 is 0 Å². The Labute approximate surface area is 106 Å². The van der Waals surface area contributed by atoms with E-state index in [-0.39, 0.29) is 23.4 Å². The number of phenolic OH excluding ortho intramolecular Hbond substituents is 1. The highest BCUT2D eigenvalue weighted by Gasteiger charge is 2.27. The normalized spacial score (nSPS) is 20.0. The number of benzene rings is 1. The molecule has 0 saturated carbocycles. The summed E-state index contributed by atoms with van der Waals surface area (Å²) in [4.78, 5) is 25.3. The van der Waals surface area contributed by atoms with E-state index < -0.39 is 0 Å². The van der Waals surface area contributed by atoms with Crippen LogP contribution >= 0.6 is 0 Å². The van der Waals surface area contributed by atoms with Crippen LogP contribution in [-0.2, 0) is 4.79 Å². The van der Waals surface area contributed by atoms with Crippen LogP contribution in [0.25, 0.3) is 0 Å². The molecule has 1 unspecified atom stereocenters. The first-order chi connectivity index (χ1) is 8.49. The number of Topliss-reactive ketones (excluding diaryl/α,β-unsaturated/α-hetero) is 1. The van der Waals surface area contributed by atoms with Crippen molar-refractivity contribution >= 4 is 11.7 Å². The highest BCUT2D eigenvalue weighted by atomic mass is 16.3. The van der Waals surface area contributed by atoms with Crippen LogP contribution in [0.15, 0.2) is 18.2 Å². The summed E-state index contributed by atoms with van der Waals surface area (Å²) in [7, 11) is 0. The van der Waals surface area contributed by atoms with E-state index in [4.69, 9.17) is 0 Å². The van der Waals surface area contributed by atoms with Gasteiger partial charge < -0.3 is 10.0 Å². The average Bonchev–Trinajstić information content (AvgIpc) is 2.35. The summed E-state index contributed by atoms with van der Waals surface area (Å²) in [5, 5.41) is 9.62. The van der Waals surface area contributed by atoms with Gasteiger partial charge >= 0.3 is 0 Å². The molecule has 1 heterocycles. The molecule has 1 atom stereocenters. The van der Waals surface area contributed by atoms with Crippen molar-refractivity contribution in [2.75, 3.05) is 13.1 Å². The Morgan fingerprint density at radius 1 is 1.44 bits per heavy atom. The fraction of sp³-hybridized carbons (Fsp3) is 0.429. The lowest BCUT2D eigenvalue weighted by Gasteiger charge is -2.30. The van der Waals surface area contributed by atoms with Crippen molar-refractivity contribution in [1.29, 1.82) is 0 Å². The molecule has 1 fully saturated rings. The van der Waals surface area contributed by atoms with Crippen LogP contribution in [-0.4, -0.2) is 34.8 Å². The molecule has 0 spiro atoms. The predicted molar refractivity (Wildman–Crippen MR) is 67.5 cm³/mol. The molecule has 1 aliphatic rings. The van der Waals surface area contributed by atoms with E-state index in [9.17, 15) is 14.7 Å². The Bertz CT molecular complexity index is 496. The fourth-order valence-corrected chi connectivity index (χ4v) is 2.12. The minimum atomic E-state index is -0.121. The third-order valence-corrected chi connectivity index (χ3v) is 3.42. The second-order valence-corrected chi connectivity index (χ2v) is 4.87. The number of aromatic hydroxyl groups is 1. The van der Waals surface area contributed by atoms with E-state index in [1.807, 2.05) is 6.92 Å². The maximum atomic E-state index is 12.2. The maximum absolute atomic E-state index is 12.2. The zero-order valence-corrected chi connectivity index (χ0v) is 10.6. The van der Waals surface area contributed by atoms with Gasteiger partial charge in [0.2, 0.25) is 0 Å². The molecule has 2 rings (SSSR count). The molecule has 1 saturated heterocycles. The Kier molecular flexibility index (Phi) is 3.36. The monoisotopic (exact) mass is 247 g/mol. The van der Waals surface area contributed by atoms with E-state index in [0.29, 0.717) is 25.1 Å². The third kappa shape index (κ3) is 2.37. The van der Waals surface area contributed by atoms with Crippen LogP contribution in [0.5, 0.6) is 5.75 Å². The molecule has 0 aromatic heterocycles. The molecule has 18 heavy (non-hydrogen) atoms. The number of amides is 1. The van der Waals surface area contributed by atoms with Crippen molar-refractivity contribution in [3.8, 4) is 5.75 Å². The molecular weight excluding hydrogens is 230 g/mol. The van der Waals surface area contributed by atoms with Crippen LogP contribution in [0.3, 0.4) is 0 Å². The quantitative estimate of drug-likeness (QED) is 0.822. The maximum Gasteiger partial charge on any atom is 0.254 e. The molecule has 0 bridgehead atoms. The van der Waals surface area contributed by atoms with Gasteiger partial charge in [0.25, 0.3) is 5.91 Å². The van der Waals surface area contributed by atoms with Gasteiger partial charge in [-0.3, -0.25) is 9.59 Å². The van der Waals surface area contributed by atoms with Crippen molar-refractivity contribution in [2.24, 2.45) is 5.92 Å². The zero-order chi connectivity index (χ0) is 13.3. The van der Waals surface area contributed by atoms with E-state index in [1.54, 1.807) is 24.0 Å². The molecular formula is C14H17NO3. The first kappa shape index (κ1) is 12.6. The predicted octanol–water partition coefficient (Wildman–Crippen LogP) is 1.75. The topological polar surface area (TPSA) is 57.6 Å². The second kappa shape index (κ2) is 4.80. The number of nitrogens with zero attached hydrogens (tertiary/aromatic N) is 1. The summed E-state index contributed by atoms with van der Waals surface area (Å²) in [6.45, 7) is 4.56. The first-order valence-electron chi connectivity index (χ1n) is 6.10. The van der Waals surface area contributed by atoms with Gasteiger partial charge in [-0.25, -0.2) is 0 Å². The Morgan fingerprint density at radius 3 is 2.78 bits per heavy atom. The number of hydrogen-bond donors (Lipinski definition) is 1. The summed E-state index contributed by atoms with van der Waals surface area (Å²) in [6, 6.07) is 4.92. The number of hydrogen-bond acceptors (Lipinski definition) is 3. The summed E-state index contributed by atoms with van der Waals surface area (Å²) in [5.41, 5.74) is 1.22. The van der Waals surface area contributed by atoms with Gasteiger partial charge in [0.1, 0.15) is 11.5 Å². The molecule has 4 nitrogen and oxygen atoms in total. The summed E-state index contributed by atoms with van der Waals surface area (Å²) < 4.78 is 0. The third-order valence-electron chi connectivity index (χ3n) is 3.42. The number of rotatable bonds is 1. The number of carbonyl (C=O) groups is 2. The van der Waals surface area contributed by atoms with Crippen molar-refractivity contribution in [1.82, 2.24) is 4.90 Å². The van der Waals surface area contributed by atoms with Gasteiger partial charge in [-0.1, -0.05) is 13.0 Å². The van der Waals surface area contributed by atoms with Crippen molar-refractivity contribution < 1.29 is 14.7 Å². The lowest BCUT2D eigenvalue weighted by molar-refractivity contribution is -0.124. The van der Waals surface area contributed by atoms with Crippen molar-refractivity contribution in [3.63, 3.8) is 0 Å². The number of ketones is 1. The zero-order valence-electron chi connectivity index (χ0n) is 10.6. The molecule has 0 aliphatic carbocycles. The van der Waals surface area contributed by atoms with Crippen molar-refractivity contribution in [2.45, 2.75) is 20.3 Å². The number of phenols is 1. The Balaban J connectivity index is 2.16. The van der Waals surface area contributed by atoms with Gasteiger partial charge in [-0.15, -0.1) is 0 Å². The van der Waals surface area contributed by atoms with Crippen LogP contribution in [0.2, 0.25) is 0 Å². The minimum Gasteiger partial charge on any atom is -0.508 e. The van der Waals surface area contributed by atoms with E-state index in [1.165, 1.54) is 6.07 Å². The van der Waals surface area contributed by atoms with E-state index in [0.717, 1.165) is 5.56 Å². The number of carbonyl (C=O) groups excluding carboxylic acids is 2. The van der Waals surface area contributed by atoms with Gasteiger partial charge in [0.15, 0.2) is 0 Å². The smallest absolute Gasteiger partial charge is 0.254 e. The highest BCUT2D eigenvalue weighted by molar-refractivity contribution is 5.96. The number of piperidine rings is 1. The van der Waals surface area contributed by atoms with Crippen LogP contribution in [0.1, 0.15) is 29.3 Å². The minimum absolute atomic E-state index is 0.0956. The van der Waals surface area contributed by atoms with Crippen molar-refractivity contribution in [3.05, 3.63) is 29.3 Å². The number of likely N-dealkylation sites (tertiary alicyclic amines) is 1. The van der Waals surface area contributed by atoms with Crippen LogP contribution < -0.4 is 0 Å². The summed E-state index contributed by atoms with van der Waals surface area (Å²) >= 11 is 0. The summed E-state index contributed by atoms with van der Waals surface area (Å²) in [6.07, 6.45) is 0.421. The van der Waals surface area contributed by atoms with E-state index in [2.05, 4.69) is 0 Å². The van der Waals surface area contributed by atoms with Crippen LogP contribution in [0.4, 0.5) is 0 Å². The summed E-state index contributed by atoms with van der Waals surface area (Å²) in [5.74, 6) is 0.124. The average molecular weight is 247 g/mol. The SMILES string of the molecule is Cc1ccc(C(=O)N2CCC(=O)C(C)C2)cc1O. The van der Waals surface area contributed by atoms with Gasteiger partial charge in [-0.2, -0.15) is 0 Å². The van der Waals surface area contributed by atoms with Gasteiger partial charge in [0, 0.05) is 31.0 Å². The highest BCUT2D eigenvalue weighted by Crippen LogP contribution is 2.20. The molecule has 1 amide bonds. The fourth-order valence-electron chi connectivity index (χ4n) is 2.12. The molecule has 0 radical (unpaired) electrons. The molecule has 1 aromatic carbocycles. The molecule has 1 aromatic rings. The molecule has 96 valence electrons. The van der Waals surface area contributed by atoms with Gasteiger partial charge in [-0.05, 0) is 24.6 Å². The first-order valence-corrected chi connectivity index (χ1v) is 6.10. The second-order valence-electron chi connectivity index (χ2n) is 4.87. The Hall–Kier alpha value is -1.84. The largest absolute Gasteiger partial charge is 0.508 e. The molecule has 1 N–H and O–H groups in total. The molecule has 4 heteroatoms. The lowest BCUT2D eigenvalue weighted by Crippen LogP contribution is -2.43. The standard InChI is InChI=1S/C14H17NO3/c1-9-3-4-11(7-13(9)17)14(18)15-6-5-12(16)10(2)8-15/h3-4,7,10,17H,5-6,8H2,1-2H3. The van der Waals surface area contributed by atoms with Gasteiger partial charge in [0.05, 0.1) is 0 Å². The molecule has 1 aliphatic heterocycles. The Morgan fingerprint density at radius 2 is 2.17 bits per heavy atom. The van der Waals surface area contributed by atoms with Crippen LogP contribution in [0, 0.1) is 12.8 Å². The lowest BCUT2D eigenvalue weighted by atomic mass is 9.98.